The van der Waals surface area contributed by atoms with Crippen molar-refractivity contribution in [3.05, 3.63) is 47.8 Å². The van der Waals surface area contributed by atoms with Gasteiger partial charge in [-0.25, -0.2) is 0 Å². The number of hydrogen-bond acceptors (Lipinski definition) is 5. The zero-order chi connectivity index (χ0) is 13.9. The number of rotatable bonds is 4. The molecular weight excluding hydrogens is 252 g/mol. The first-order chi connectivity index (χ1) is 9.76. The Kier molecular flexibility index (Phi) is 3.25. The van der Waals surface area contributed by atoms with Gasteiger partial charge in [0.05, 0.1) is 12.2 Å². The minimum atomic E-state index is 0.485. The molecule has 5 heteroatoms. The van der Waals surface area contributed by atoms with Gasteiger partial charge in [-0.3, -0.25) is 4.98 Å². The van der Waals surface area contributed by atoms with Crippen molar-refractivity contribution < 1.29 is 4.42 Å². The number of anilines is 2. The van der Waals surface area contributed by atoms with Crippen LogP contribution < -0.4 is 11.1 Å². The van der Waals surface area contributed by atoms with Gasteiger partial charge in [0.1, 0.15) is 5.52 Å². The standard InChI is InChI=1S/C15H16N4O/c1-2-10-4-3-7-17-13(10)9-18-15-19-12-6-5-11(16)8-14(12)20-15/h3-8H,2,9,16H2,1H3,(H,18,19). The third-order valence-electron chi connectivity index (χ3n) is 3.18. The highest BCUT2D eigenvalue weighted by molar-refractivity contribution is 5.78. The molecule has 0 aliphatic rings. The van der Waals surface area contributed by atoms with Crippen LogP contribution in [-0.2, 0) is 13.0 Å². The molecule has 1 aromatic carbocycles. The number of fused-ring (bicyclic) bond motifs is 1. The average Bonchev–Trinajstić information content (AvgIpc) is 2.87. The molecule has 0 bridgehead atoms. The van der Waals surface area contributed by atoms with Gasteiger partial charge >= 0.3 is 0 Å². The number of nitrogens with two attached hydrogens (primary N) is 1. The zero-order valence-electron chi connectivity index (χ0n) is 11.3. The predicted octanol–water partition coefficient (Wildman–Crippen LogP) is 2.98. The van der Waals surface area contributed by atoms with Crippen molar-refractivity contribution in [3.63, 3.8) is 0 Å². The summed E-state index contributed by atoms with van der Waals surface area (Å²) >= 11 is 0. The molecular formula is C15H16N4O. The van der Waals surface area contributed by atoms with E-state index in [1.54, 1.807) is 12.3 Å². The lowest BCUT2D eigenvalue weighted by molar-refractivity contribution is 0.613. The summed E-state index contributed by atoms with van der Waals surface area (Å²) < 4.78 is 5.61. The normalized spacial score (nSPS) is 10.8. The van der Waals surface area contributed by atoms with Gasteiger partial charge in [0.25, 0.3) is 6.01 Å². The van der Waals surface area contributed by atoms with Crippen LogP contribution in [0.15, 0.2) is 40.9 Å². The minimum Gasteiger partial charge on any atom is -0.423 e. The van der Waals surface area contributed by atoms with Gasteiger partial charge in [0.2, 0.25) is 0 Å². The molecule has 5 nitrogen and oxygen atoms in total. The fourth-order valence-electron chi connectivity index (χ4n) is 2.13. The van der Waals surface area contributed by atoms with Crippen molar-refractivity contribution >= 4 is 22.8 Å². The van der Waals surface area contributed by atoms with E-state index in [1.807, 2.05) is 18.2 Å². The maximum atomic E-state index is 5.72. The topological polar surface area (TPSA) is 77.0 Å². The van der Waals surface area contributed by atoms with Gasteiger partial charge in [-0.2, -0.15) is 4.98 Å². The summed E-state index contributed by atoms with van der Waals surface area (Å²) in [5, 5.41) is 3.16. The van der Waals surface area contributed by atoms with Crippen LogP contribution in [0.3, 0.4) is 0 Å². The second-order valence-electron chi connectivity index (χ2n) is 4.56. The second-order valence-corrected chi connectivity index (χ2v) is 4.56. The number of aryl methyl sites for hydroxylation is 1. The fourth-order valence-corrected chi connectivity index (χ4v) is 2.13. The average molecular weight is 268 g/mol. The summed E-state index contributed by atoms with van der Waals surface area (Å²) in [4.78, 5) is 8.74. The van der Waals surface area contributed by atoms with Crippen LogP contribution in [0.5, 0.6) is 0 Å². The van der Waals surface area contributed by atoms with Gasteiger partial charge < -0.3 is 15.5 Å². The Hall–Kier alpha value is -2.56. The molecule has 3 N–H and O–H groups in total. The maximum Gasteiger partial charge on any atom is 0.296 e. The van der Waals surface area contributed by atoms with Crippen molar-refractivity contribution in [1.82, 2.24) is 9.97 Å². The second kappa shape index (κ2) is 5.21. The van der Waals surface area contributed by atoms with Gasteiger partial charge in [0, 0.05) is 18.0 Å². The maximum absolute atomic E-state index is 5.72. The van der Waals surface area contributed by atoms with Gasteiger partial charge in [0.15, 0.2) is 5.58 Å². The Morgan fingerprint density at radius 3 is 3.05 bits per heavy atom. The predicted molar refractivity (Wildman–Crippen MR) is 79.4 cm³/mol. The van der Waals surface area contributed by atoms with Gasteiger partial charge in [-0.1, -0.05) is 13.0 Å². The summed E-state index contributed by atoms with van der Waals surface area (Å²) in [5.41, 5.74) is 10.1. The number of pyridine rings is 1. The number of benzene rings is 1. The number of hydrogen-bond donors (Lipinski definition) is 2. The Bertz CT molecular complexity index is 736. The highest BCUT2D eigenvalue weighted by Gasteiger charge is 2.07. The molecule has 0 saturated carbocycles. The molecule has 102 valence electrons. The van der Waals surface area contributed by atoms with Crippen LogP contribution >= 0.6 is 0 Å². The van der Waals surface area contributed by atoms with Gasteiger partial charge in [-0.05, 0) is 30.2 Å². The van der Waals surface area contributed by atoms with E-state index in [0.717, 1.165) is 17.6 Å². The lowest BCUT2D eigenvalue weighted by atomic mass is 10.1. The molecule has 0 spiro atoms. The minimum absolute atomic E-state index is 0.485. The van der Waals surface area contributed by atoms with Crippen molar-refractivity contribution in [3.8, 4) is 0 Å². The Balaban J connectivity index is 1.79. The van der Waals surface area contributed by atoms with Crippen LogP contribution in [0.1, 0.15) is 18.2 Å². The first-order valence-corrected chi connectivity index (χ1v) is 6.59. The largest absolute Gasteiger partial charge is 0.423 e. The lowest BCUT2D eigenvalue weighted by Crippen LogP contribution is -2.04. The van der Waals surface area contributed by atoms with Crippen LogP contribution in [-0.4, -0.2) is 9.97 Å². The van der Waals surface area contributed by atoms with Crippen LogP contribution in [0.25, 0.3) is 11.1 Å². The van der Waals surface area contributed by atoms with Crippen LogP contribution in [0.2, 0.25) is 0 Å². The number of nitrogens with zero attached hydrogens (tertiary/aromatic N) is 2. The van der Waals surface area contributed by atoms with Crippen molar-refractivity contribution in [1.29, 1.82) is 0 Å². The van der Waals surface area contributed by atoms with E-state index >= 15 is 0 Å². The van der Waals surface area contributed by atoms with E-state index in [-0.39, 0.29) is 0 Å². The third-order valence-corrected chi connectivity index (χ3v) is 3.18. The van der Waals surface area contributed by atoms with Crippen LogP contribution in [0.4, 0.5) is 11.7 Å². The number of aromatic nitrogens is 2. The molecule has 0 aliphatic carbocycles. The van der Waals surface area contributed by atoms with Crippen molar-refractivity contribution in [2.45, 2.75) is 19.9 Å². The van der Waals surface area contributed by atoms with Crippen molar-refractivity contribution in [2.24, 2.45) is 0 Å². The summed E-state index contributed by atoms with van der Waals surface area (Å²) in [6.07, 6.45) is 2.75. The number of oxazole rings is 1. The van der Waals surface area contributed by atoms with Gasteiger partial charge in [-0.15, -0.1) is 0 Å². The highest BCUT2D eigenvalue weighted by Crippen LogP contribution is 2.21. The van der Waals surface area contributed by atoms with E-state index in [4.69, 9.17) is 10.2 Å². The first-order valence-electron chi connectivity index (χ1n) is 6.59. The highest BCUT2D eigenvalue weighted by atomic mass is 16.4. The summed E-state index contributed by atoms with van der Waals surface area (Å²) in [6.45, 7) is 2.70. The number of nitrogens with one attached hydrogen (secondary N) is 1. The monoisotopic (exact) mass is 268 g/mol. The quantitative estimate of drug-likeness (QED) is 0.711. The molecule has 0 fully saturated rings. The molecule has 3 aromatic rings. The molecule has 20 heavy (non-hydrogen) atoms. The fraction of sp³-hybridized carbons (Fsp3) is 0.200. The summed E-state index contributed by atoms with van der Waals surface area (Å²) in [7, 11) is 0. The molecule has 0 aliphatic heterocycles. The molecule has 0 unspecified atom stereocenters. The Morgan fingerprint density at radius 1 is 1.30 bits per heavy atom. The molecule has 2 heterocycles. The van der Waals surface area contributed by atoms with E-state index in [0.29, 0.717) is 23.8 Å². The summed E-state index contributed by atoms with van der Waals surface area (Å²) in [5.74, 6) is 0. The van der Waals surface area contributed by atoms with E-state index in [9.17, 15) is 0 Å². The Labute approximate surface area is 116 Å². The first kappa shape index (κ1) is 12.5. The molecule has 3 rings (SSSR count). The smallest absolute Gasteiger partial charge is 0.296 e. The van der Waals surface area contributed by atoms with E-state index in [1.165, 1.54) is 5.56 Å². The molecule has 0 radical (unpaired) electrons. The molecule has 0 atom stereocenters. The van der Waals surface area contributed by atoms with E-state index < -0.39 is 0 Å². The molecule has 0 saturated heterocycles. The van der Waals surface area contributed by atoms with E-state index in [2.05, 4.69) is 28.3 Å². The third kappa shape index (κ3) is 2.42. The SMILES string of the molecule is CCc1cccnc1CNc1nc2ccc(N)cc2o1. The molecule has 2 aromatic heterocycles. The lowest BCUT2D eigenvalue weighted by Gasteiger charge is -2.06. The van der Waals surface area contributed by atoms with Crippen LogP contribution in [0, 0.1) is 0 Å². The zero-order valence-corrected chi connectivity index (χ0v) is 11.3. The Morgan fingerprint density at radius 2 is 2.20 bits per heavy atom. The summed E-state index contributed by atoms with van der Waals surface area (Å²) in [6, 6.07) is 9.94. The number of nitrogen functional groups attached to an aromatic ring is 1. The van der Waals surface area contributed by atoms with Crippen molar-refractivity contribution in [2.75, 3.05) is 11.1 Å². The molecule has 0 amide bonds.